The Labute approximate surface area is 210 Å². The topological polar surface area (TPSA) is 37.3 Å². The molecule has 0 spiro atoms. The minimum Gasteiger partial charge on any atom is -0.390 e. The Morgan fingerprint density at radius 1 is 0.938 bits per heavy atom. The van der Waals surface area contributed by atoms with E-state index >= 15 is 0 Å². The average Bonchev–Trinajstić information content (AvgIpc) is 3.00. The van der Waals surface area contributed by atoms with Gasteiger partial charge in [-0.3, -0.25) is 4.79 Å². The van der Waals surface area contributed by atoms with Gasteiger partial charge in [-0.2, -0.15) is 0 Å². The number of rotatable bonds is 9. The van der Waals surface area contributed by atoms with Crippen LogP contribution in [0.3, 0.4) is 0 Å². The van der Waals surface area contributed by atoms with Crippen LogP contribution in [0.2, 0.25) is 0 Å². The molecule has 0 saturated heterocycles. The van der Waals surface area contributed by atoms with Crippen LogP contribution in [0, 0.1) is 34.5 Å². The summed E-state index contributed by atoms with van der Waals surface area (Å²) in [5.41, 5.74) is 1.29. The summed E-state index contributed by atoms with van der Waals surface area (Å²) in [5, 5.41) is 11.3. The van der Waals surface area contributed by atoms with Gasteiger partial charge in [-0.25, -0.2) is 0 Å². The van der Waals surface area contributed by atoms with Crippen LogP contribution in [0.25, 0.3) is 0 Å². The Morgan fingerprint density at radius 3 is 2.31 bits per heavy atom. The largest absolute Gasteiger partial charge is 0.390 e. The van der Waals surface area contributed by atoms with E-state index in [-0.39, 0.29) is 10.8 Å². The second kappa shape index (κ2) is 9.99. The fourth-order valence-electron chi connectivity index (χ4n) is 8.63. The van der Waals surface area contributed by atoms with Crippen molar-refractivity contribution in [2.45, 2.75) is 123 Å². The van der Waals surface area contributed by atoms with E-state index < -0.39 is 5.60 Å². The lowest BCUT2D eigenvalue weighted by Gasteiger charge is -2.61. The summed E-state index contributed by atoms with van der Waals surface area (Å²) in [7, 11) is 0. The number of alkyl halides is 1. The summed E-state index contributed by atoms with van der Waals surface area (Å²) in [4.78, 5) is 12.3. The first-order valence-corrected chi connectivity index (χ1v) is 15.3. The number of aliphatic hydroxyl groups is 1. The van der Waals surface area contributed by atoms with Gasteiger partial charge in [-0.15, -0.1) is 0 Å². The lowest BCUT2D eigenvalue weighted by Crippen LogP contribution is -2.56. The molecule has 7 atom stereocenters. The van der Waals surface area contributed by atoms with Crippen molar-refractivity contribution in [1.82, 2.24) is 0 Å². The number of allylic oxidation sites excluding steroid dienone is 1. The van der Waals surface area contributed by atoms with E-state index in [9.17, 15) is 9.90 Å². The summed E-state index contributed by atoms with van der Waals surface area (Å²) in [6, 6.07) is 0. The third-order valence-corrected chi connectivity index (χ3v) is 11.7. The van der Waals surface area contributed by atoms with Gasteiger partial charge in [-0.1, -0.05) is 80.5 Å². The van der Waals surface area contributed by atoms with Crippen LogP contribution in [-0.2, 0) is 4.79 Å². The highest BCUT2D eigenvalue weighted by Crippen LogP contribution is 2.69. The van der Waals surface area contributed by atoms with Crippen molar-refractivity contribution in [2.24, 2.45) is 34.5 Å². The van der Waals surface area contributed by atoms with E-state index in [0.717, 1.165) is 38.0 Å². The highest BCUT2D eigenvalue weighted by molar-refractivity contribution is 14.1. The quantitative estimate of drug-likeness (QED) is 0.178. The van der Waals surface area contributed by atoms with Gasteiger partial charge in [0.05, 0.1) is 5.60 Å². The van der Waals surface area contributed by atoms with E-state index in [4.69, 9.17) is 0 Å². The minimum absolute atomic E-state index is 0.0765. The summed E-state index contributed by atoms with van der Waals surface area (Å²) in [6.07, 6.45) is 20.6. The second-order valence-electron chi connectivity index (χ2n) is 12.5. The molecule has 182 valence electrons. The first-order valence-electron chi connectivity index (χ1n) is 13.8. The zero-order chi connectivity index (χ0) is 23.0. The van der Waals surface area contributed by atoms with Gasteiger partial charge in [0, 0.05) is 6.42 Å². The minimum atomic E-state index is -0.509. The molecular weight excluding hydrogens is 507 g/mol. The zero-order valence-corrected chi connectivity index (χ0v) is 23.1. The van der Waals surface area contributed by atoms with E-state index in [0.29, 0.717) is 23.5 Å². The number of carbonyl (C=O) groups excluding carboxylic acids is 1. The predicted molar refractivity (Wildman–Crippen MR) is 142 cm³/mol. The van der Waals surface area contributed by atoms with E-state index in [2.05, 4.69) is 49.4 Å². The normalized spacial score (nSPS) is 43.4. The lowest BCUT2D eigenvalue weighted by molar-refractivity contribution is -0.135. The molecule has 0 aromatic rings. The number of hydrogen-bond acceptors (Lipinski definition) is 2. The van der Waals surface area contributed by atoms with E-state index in [1.165, 1.54) is 74.2 Å². The molecule has 2 nitrogen and oxygen atoms in total. The monoisotopic (exact) mass is 554 g/mol. The molecule has 0 radical (unpaired) electrons. The average molecular weight is 555 g/mol. The van der Waals surface area contributed by atoms with Crippen LogP contribution in [0.5, 0.6) is 0 Å². The Kier molecular flexibility index (Phi) is 7.87. The Bertz CT molecular complexity index is 712. The molecule has 4 rings (SSSR count). The van der Waals surface area contributed by atoms with Crippen LogP contribution in [-0.4, -0.2) is 20.9 Å². The molecule has 0 aromatic heterocycles. The molecule has 0 aromatic carbocycles. The van der Waals surface area contributed by atoms with Crippen molar-refractivity contribution in [2.75, 3.05) is 4.43 Å². The van der Waals surface area contributed by atoms with Gasteiger partial charge in [0.1, 0.15) is 0 Å². The van der Waals surface area contributed by atoms with Crippen LogP contribution >= 0.6 is 22.6 Å². The van der Waals surface area contributed by atoms with Crippen molar-refractivity contribution in [1.29, 1.82) is 0 Å². The molecule has 4 aliphatic rings. The maximum absolute atomic E-state index is 12.3. The van der Waals surface area contributed by atoms with Crippen molar-refractivity contribution >= 4 is 28.4 Å². The van der Waals surface area contributed by atoms with Crippen molar-refractivity contribution in [3.63, 3.8) is 0 Å². The fourth-order valence-corrected chi connectivity index (χ4v) is 9.17. The van der Waals surface area contributed by atoms with Crippen LogP contribution in [0.4, 0.5) is 0 Å². The van der Waals surface area contributed by atoms with Crippen molar-refractivity contribution in [3.05, 3.63) is 11.6 Å². The molecular formula is C29H47IO2. The molecule has 0 heterocycles. The molecule has 3 saturated carbocycles. The van der Waals surface area contributed by atoms with Crippen molar-refractivity contribution in [3.8, 4) is 0 Å². The smallest absolute Gasteiger partial charge is 0.155 e. The number of fused-ring (bicyclic) bond motifs is 5. The zero-order valence-electron chi connectivity index (χ0n) is 20.9. The van der Waals surface area contributed by atoms with Gasteiger partial charge in [0.25, 0.3) is 0 Å². The van der Waals surface area contributed by atoms with Gasteiger partial charge in [-0.05, 0) is 103 Å². The second-order valence-corrected chi connectivity index (χ2v) is 13.6. The molecule has 2 unspecified atom stereocenters. The van der Waals surface area contributed by atoms with Crippen LogP contribution in [0.1, 0.15) is 117 Å². The fraction of sp³-hybridized carbons (Fsp3) is 0.897. The van der Waals surface area contributed by atoms with E-state index in [1.807, 2.05) is 0 Å². The molecule has 0 bridgehead atoms. The standard InChI is InChI=1S/C29H47IO2/c1-27-15-12-23(31)20-22(27)19-21(11-9-7-5-4-6-8-10-18-30)26-24(27)13-16-28(2)25(26)14-17-29(28,3)32/h20-21,24-26,32H,4-19H2,1-3H3/t21?,24-,25+,26-,27+,28+,29?/m1/s1. The van der Waals surface area contributed by atoms with Gasteiger partial charge in [0.2, 0.25) is 0 Å². The maximum atomic E-state index is 12.3. The number of ketones is 1. The SMILES string of the molecule is CC1(O)CC[C@H]2[C@@H]3C(CCCCCCCCCI)CC4=CC(=O)CC[C@]4(C)[C@@H]3CC[C@@]21C. The molecule has 3 heteroatoms. The Balaban J connectivity index is 1.48. The highest BCUT2D eigenvalue weighted by Gasteiger charge is 2.64. The number of carbonyl (C=O) groups is 1. The Hall–Kier alpha value is 0.1000. The molecule has 0 aliphatic heterocycles. The van der Waals surface area contributed by atoms with Gasteiger partial charge >= 0.3 is 0 Å². The molecule has 4 aliphatic carbocycles. The van der Waals surface area contributed by atoms with Gasteiger partial charge < -0.3 is 5.11 Å². The van der Waals surface area contributed by atoms with Gasteiger partial charge in [0.15, 0.2) is 5.78 Å². The third kappa shape index (κ3) is 4.52. The molecule has 32 heavy (non-hydrogen) atoms. The lowest BCUT2D eigenvalue weighted by atomic mass is 9.44. The summed E-state index contributed by atoms with van der Waals surface area (Å²) in [6.45, 7) is 7.02. The highest BCUT2D eigenvalue weighted by atomic mass is 127. The predicted octanol–water partition coefficient (Wildman–Crippen LogP) is 8.05. The summed E-state index contributed by atoms with van der Waals surface area (Å²) >= 11 is 2.49. The molecule has 1 N–H and O–H groups in total. The number of unbranched alkanes of at least 4 members (excludes halogenated alkanes) is 6. The first kappa shape index (κ1) is 25.2. The number of hydrogen-bond donors (Lipinski definition) is 1. The molecule has 0 amide bonds. The molecule has 3 fully saturated rings. The maximum Gasteiger partial charge on any atom is 0.155 e. The first-order chi connectivity index (χ1) is 15.2. The Morgan fingerprint density at radius 2 is 1.59 bits per heavy atom. The summed E-state index contributed by atoms with van der Waals surface area (Å²) < 4.78 is 1.30. The van der Waals surface area contributed by atoms with Crippen LogP contribution in [0.15, 0.2) is 11.6 Å². The third-order valence-electron chi connectivity index (χ3n) is 10.9. The summed E-state index contributed by atoms with van der Waals surface area (Å²) in [5.74, 6) is 3.18. The van der Waals surface area contributed by atoms with E-state index in [1.54, 1.807) is 0 Å². The van der Waals surface area contributed by atoms with Crippen molar-refractivity contribution < 1.29 is 9.90 Å². The van der Waals surface area contributed by atoms with Crippen LogP contribution < -0.4 is 0 Å². The number of halogens is 1.